The first-order valence-corrected chi connectivity index (χ1v) is 15.2. The van der Waals surface area contributed by atoms with Crippen molar-refractivity contribution in [2.45, 2.75) is 85.4 Å². The Hall–Kier alpha value is -3.37. The summed E-state index contributed by atoms with van der Waals surface area (Å²) in [4.78, 5) is 41.1. The molecule has 2 aromatic rings. The van der Waals surface area contributed by atoms with Gasteiger partial charge in [-0.25, -0.2) is 8.78 Å². The number of carbonyl (C=O) groups is 3. The minimum atomic E-state index is -1.21. The van der Waals surface area contributed by atoms with Crippen molar-refractivity contribution in [2.24, 2.45) is 5.92 Å². The molecule has 0 radical (unpaired) electrons. The third kappa shape index (κ3) is 11.7. The molecule has 0 aliphatic rings. The van der Waals surface area contributed by atoms with E-state index in [0.29, 0.717) is 37.2 Å². The maximum Gasteiger partial charge on any atom is 0.253 e. The summed E-state index contributed by atoms with van der Waals surface area (Å²) in [6.07, 6.45) is 0.792. The van der Waals surface area contributed by atoms with Gasteiger partial charge in [0.1, 0.15) is 11.6 Å². The molecule has 43 heavy (non-hydrogen) atoms. The van der Waals surface area contributed by atoms with Crippen LogP contribution in [0.3, 0.4) is 0 Å². The van der Waals surface area contributed by atoms with Crippen molar-refractivity contribution >= 4 is 17.7 Å². The van der Waals surface area contributed by atoms with Crippen molar-refractivity contribution in [3.63, 3.8) is 0 Å². The third-order valence-corrected chi connectivity index (χ3v) is 7.00. The molecular formula is C33H48F2N4O4. The van der Waals surface area contributed by atoms with Crippen LogP contribution in [0.15, 0.2) is 36.4 Å². The number of hydrogen-bond donors (Lipinski definition) is 4. The Morgan fingerprint density at radius 1 is 0.884 bits per heavy atom. The van der Waals surface area contributed by atoms with Gasteiger partial charge in [0.2, 0.25) is 5.91 Å². The van der Waals surface area contributed by atoms with Crippen LogP contribution < -0.4 is 16.0 Å². The van der Waals surface area contributed by atoms with Gasteiger partial charge in [0, 0.05) is 43.4 Å². The summed E-state index contributed by atoms with van der Waals surface area (Å²) in [6.45, 7) is 13.2. The fraction of sp³-hybridized carbons (Fsp3) is 0.545. The highest BCUT2D eigenvalue weighted by Crippen LogP contribution is 2.16. The van der Waals surface area contributed by atoms with Crippen LogP contribution in [0.25, 0.3) is 0 Å². The molecule has 4 N–H and O–H groups in total. The summed E-state index contributed by atoms with van der Waals surface area (Å²) in [6, 6.07) is 6.42. The monoisotopic (exact) mass is 602 g/mol. The number of aliphatic hydroxyl groups is 1. The van der Waals surface area contributed by atoms with Gasteiger partial charge in [0.05, 0.1) is 18.2 Å². The van der Waals surface area contributed by atoms with E-state index < -0.39 is 35.7 Å². The Bertz CT molecular complexity index is 1200. The van der Waals surface area contributed by atoms with Gasteiger partial charge in [0.15, 0.2) is 0 Å². The molecule has 0 fully saturated rings. The second-order valence-corrected chi connectivity index (χ2v) is 11.5. The zero-order valence-corrected chi connectivity index (χ0v) is 26.3. The highest BCUT2D eigenvalue weighted by Gasteiger charge is 2.26. The number of benzene rings is 2. The SMILES string of the molecule is CCCN(CCC)C(=O)c1cc(C)cc(C(=O)N[C@@H](Cc2cc(F)cc(F)c2)[C@H](O)CN[C@H](CC)C(=O)NCC(C)C)c1. The lowest BCUT2D eigenvalue weighted by molar-refractivity contribution is -0.123. The Balaban J connectivity index is 2.30. The van der Waals surface area contributed by atoms with Crippen LogP contribution in [0, 0.1) is 24.5 Å². The molecule has 0 bridgehead atoms. The number of rotatable bonds is 17. The van der Waals surface area contributed by atoms with Gasteiger partial charge in [-0.1, -0.05) is 34.6 Å². The first-order valence-electron chi connectivity index (χ1n) is 15.2. The summed E-state index contributed by atoms with van der Waals surface area (Å²) in [5.41, 5.74) is 1.58. The van der Waals surface area contributed by atoms with Crippen LogP contribution >= 0.6 is 0 Å². The van der Waals surface area contributed by atoms with E-state index >= 15 is 0 Å². The Kier molecular flexibility index (Phi) is 14.7. The van der Waals surface area contributed by atoms with Crippen LogP contribution in [0.1, 0.15) is 85.7 Å². The second kappa shape index (κ2) is 17.7. The molecule has 0 saturated carbocycles. The highest BCUT2D eigenvalue weighted by molar-refractivity contribution is 6.00. The summed E-state index contributed by atoms with van der Waals surface area (Å²) >= 11 is 0. The van der Waals surface area contributed by atoms with E-state index in [2.05, 4.69) is 16.0 Å². The van der Waals surface area contributed by atoms with E-state index in [1.165, 1.54) is 6.07 Å². The Morgan fingerprint density at radius 2 is 1.49 bits per heavy atom. The number of carbonyl (C=O) groups excluding carboxylic acids is 3. The molecule has 0 unspecified atom stereocenters. The average molecular weight is 603 g/mol. The molecule has 8 nitrogen and oxygen atoms in total. The van der Waals surface area contributed by atoms with Crippen LogP contribution in [0.5, 0.6) is 0 Å². The molecule has 238 valence electrons. The third-order valence-electron chi connectivity index (χ3n) is 7.00. The number of hydrogen-bond acceptors (Lipinski definition) is 5. The maximum absolute atomic E-state index is 14.0. The number of halogens is 2. The van der Waals surface area contributed by atoms with Gasteiger partial charge < -0.3 is 26.0 Å². The molecule has 2 aromatic carbocycles. The van der Waals surface area contributed by atoms with Gasteiger partial charge in [-0.3, -0.25) is 14.4 Å². The molecule has 0 aliphatic carbocycles. The quantitative estimate of drug-likeness (QED) is 0.215. The van der Waals surface area contributed by atoms with Gasteiger partial charge in [0.25, 0.3) is 11.8 Å². The lowest BCUT2D eigenvalue weighted by atomic mass is 9.99. The molecule has 0 heterocycles. The lowest BCUT2D eigenvalue weighted by Crippen LogP contribution is -2.52. The van der Waals surface area contributed by atoms with Crippen LogP contribution in [0.4, 0.5) is 8.78 Å². The molecule has 0 saturated heterocycles. The fourth-order valence-electron chi connectivity index (χ4n) is 4.85. The molecular weight excluding hydrogens is 554 g/mol. The van der Waals surface area contributed by atoms with Gasteiger partial charge in [-0.15, -0.1) is 0 Å². The average Bonchev–Trinajstić information content (AvgIpc) is 2.94. The first kappa shape index (κ1) is 35.8. The van der Waals surface area contributed by atoms with Gasteiger partial charge >= 0.3 is 0 Å². The zero-order valence-electron chi connectivity index (χ0n) is 26.3. The molecule has 3 amide bonds. The standard InChI is InChI=1S/C33H48F2N4O4/c1-7-10-39(11-8-2)33(43)25-13-22(6)12-24(17-25)31(41)38-29(16-23-14-26(34)18-27(35)15-23)30(40)20-36-28(9-3)32(42)37-19-21(4)5/h12-15,17-18,21,28-30,36,40H,7-11,16,19-20H2,1-6H3,(H,37,42)(H,38,41)/t28-,29+,30-/m1/s1. The predicted octanol–water partition coefficient (Wildman–Crippen LogP) is 4.38. The Morgan fingerprint density at radius 3 is 2.05 bits per heavy atom. The summed E-state index contributed by atoms with van der Waals surface area (Å²) in [7, 11) is 0. The van der Waals surface area contributed by atoms with Crippen molar-refractivity contribution in [3.8, 4) is 0 Å². The summed E-state index contributed by atoms with van der Waals surface area (Å²) in [5.74, 6) is -2.18. The van der Waals surface area contributed by atoms with Crippen molar-refractivity contribution in [1.82, 2.24) is 20.9 Å². The maximum atomic E-state index is 14.0. The predicted molar refractivity (Wildman–Crippen MR) is 165 cm³/mol. The summed E-state index contributed by atoms with van der Waals surface area (Å²) < 4.78 is 28.0. The minimum Gasteiger partial charge on any atom is -0.390 e. The van der Waals surface area contributed by atoms with Crippen LogP contribution in [-0.4, -0.2) is 72.1 Å². The second-order valence-electron chi connectivity index (χ2n) is 11.5. The first-order chi connectivity index (χ1) is 20.4. The van der Waals surface area contributed by atoms with E-state index in [-0.39, 0.29) is 41.8 Å². The molecule has 3 atom stereocenters. The number of amides is 3. The van der Waals surface area contributed by atoms with Gasteiger partial charge in [-0.05, 0) is 80.0 Å². The van der Waals surface area contributed by atoms with E-state index in [4.69, 9.17) is 0 Å². The minimum absolute atomic E-state index is 0.0586. The number of nitrogens with one attached hydrogen (secondary N) is 3. The largest absolute Gasteiger partial charge is 0.390 e. The smallest absolute Gasteiger partial charge is 0.253 e. The van der Waals surface area contributed by atoms with E-state index in [0.717, 1.165) is 31.0 Å². The molecule has 0 spiro atoms. The zero-order chi connectivity index (χ0) is 32.1. The number of aryl methyl sites for hydroxylation is 1. The van der Waals surface area contributed by atoms with Crippen molar-refractivity contribution in [1.29, 1.82) is 0 Å². The highest BCUT2D eigenvalue weighted by atomic mass is 19.1. The van der Waals surface area contributed by atoms with Crippen molar-refractivity contribution < 1.29 is 28.3 Å². The fourth-order valence-corrected chi connectivity index (χ4v) is 4.85. The van der Waals surface area contributed by atoms with Crippen LogP contribution in [-0.2, 0) is 11.2 Å². The summed E-state index contributed by atoms with van der Waals surface area (Å²) in [5, 5.41) is 19.9. The van der Waals surface area contributed by atoms with Crippen molar-refractivity contribution in [2.75, 3.05) is 26.2 Å². The normalized spacial score (nSPS) is 13.3. The van der Waals surface area contributed by atoms with Crippen LogP contribution in [0.2, 0.25) is 0 Å². The van der Waals surface area contributed by atoms with Crippen molar-refractivity contribution in [3.05, 3.63) is 70.3 Å². The molecule has 2 rings (SSSR count). The molecule has 0 aromatic heterocycles. The number of aliphatic hydroxyl groups excluding tert-OH is 1. The lowest BCUT2D eigenvalue weighted by Gasteiger charge is -2.27. The van der Waals surface area contributed by atoms with E-state index in [1.54, 1.807) is 24.0 Å². The molecule has 10 heteroatoms. The Labute approximate surface area is 254 Å². The topological polar surface area (TPSA) is 111 Å². The number of nitrogens with zero attached hydrogens (tertiary/aromatic N) is 1. The molecule has 0 aliphatic heterocycles. The van der Waals surface area contributed by atoms with E-state index in [9.17, 15) is 28.3 Å². The van der Waals surface area contributed by atoms with E-state index in [1.807, 2.05) is 34.6 Å². The van der Waals surface area contributed by atoms with Gasteiger partial charge in [-0.2, -0.15) is 0 Å².